The number of hydrogen-bond acceptors (Lipinski definition) is 7. The van der Waals surface area contributed by atoms with Crippen molar-refractivity contribution in [3.8, 4) is 103 Å². The Hall–Kier alpha value is -14.4. The number of thiophene rings is 1. The van der Waals surface area contributed by atoms with E-state index in [0.717, 1.165) is 150 Å². The minimum atomic E-state index is 0.566. The molecule has 0 radical (unpaired) electrons. The van der Waals surface area contributed by atoms with E-state index in [2.05, 4.69) is 261 Å². The van der Waals surface area contributed by atoms with Crippen LogP contribution in [0.2, 0.25) is 0 Å². The van der Waals surface area contributed by atoms with Crippen molar-refractivity contribution in [3.63, 3.8) is 0 Å². The summed E-state index contributed by atoms with van der Waals surface area (Å²) in [5, 5.41) is 30.8. The van der Waals surface area contributed by atoms with Crippen molar-refractivity contribution in [2.24, 2.45) is 0 Å². The van der Waals surface area contributed by atoms with E-state index in [9.17, 15) is 10.5 Å². The van der Waals surface area contributed by atoms with Gasteiger partial charge in [-0.05, 0) is 150 Å². The minimum Gasteiger partial charge on any atom is -0.309 e. The van der Waals surface area contributed by atoms with Crippen LogP contribution in [0.3, 0.4) is 0 Å². The molecule has 0 fully saturated rings. The SMILES string of the molecule is N#Cc1ccc(-c2cc(-c3ccccc3)nc(-n3c4ccccc4c4cc(-c5ccc6c(c5)c5ccccc5n6-c5cc(-n6c7ccccc7c7cc(-c8ccc9c(c8)c8ccccc8n9-c8nc(-c9ccccc9)cc(-c9ccc(C#N)cc9)n8)ccc76)c6sc7ccccc7c6c5)ccc43)n2)cc1. The summed E-state index contributed by atoms with van der Waals surface area (Å²) in [5.74, 6) is 1.13. The first-order valence-corrected chi connectivity index (χ1v) is 35.8. The molecule has 0 unspecified atom stereocenters. The lowest BCUT2D eigenvalue weighted by Crippen LogP contribution is -2.04. The predicted molar refractivity (Wildman–Crippen MR) is 430 cm³/mol. The van der Waals surface area contributed by atoms with Gasteiger partial charge >= 0.3 is 0 Å². The number of fused-ring (bicyclic) bond motifs is 15. The molecule has 0 amide bonds. The van der Waals surface area contributed by atoms with E-state index in [-0.39, 0.29) is 0 Å². The molecule has 7 aromatic heterocycles. The fourth-order valence-corrected chi connectivity index (χ4v) is 17.2. The summed E-state index contributed by atoms with van der Waals surface area (Å²) in [6, 6.07) is 120. The van der Waals surface area contributed by atoms with Gasteiger partial charge in [0.05, 0.1) is 101 Å². The van der Waals surface area contributed by atoms with Crippen molar-refractivity contribution < 1.29 is 0 Å². The number of rotatable bonds is 10. The first kappa shape index (κ1) is 59.5. The molecule has 0 aliphatic rings. The fraction of sp³-hybridized carbons (Fsp3) is 0. The molecule has 7 heterocycles. The van der Waals surface area contributed by atoms with Gasteiger partial charge in [0.2, 0.25) is 11.9 Å². The molecule has 0 atom stereocenters. The summed E-state index contributed by atoms with van der Waals surface area (Å²) in [6.45, 7) is 0. The van der Waals surface area contributed by atoms with Crippen LogP contribution in [-0.4, -0.2) is 38.2 Å². The van der Waals surface area contributed by atoms with E-state index in [1.54, 1.807) is 0 Å². The Morgan fingerprint density at radius 3 is 0.962 bits per heavy atom. The Kier molecular flexibility index (Phi) is 13.4. The number of aromatic nitrogens is 8. The van der Waals surface area contributed by atoms with E-state index >= 15 is 0 Å². The molecule has 486 valence electrons. The van der Waals surface area contributed by atoms with Gasteiger partial charge in [0.1, 0.15) is 0 Å². The summed E-state index contributed by atoms with van der Waals surface area (Å²) >= 11 is 1.85. The molecule has 21 aromatic rings. The number of nitriles is 2. The van der Waals surface area contributed by atoms with Crippen LogP contribution in [0.1, 0.15) is 11.1 Å². The Morgan fingerprint density at radius 1 is 0.238 bits per heavy atom. The molecule has 10 nitrogen and oxygen atoms in total. The third-order valence-corrected chi connectivity index (χ3v) is 22.1. The molecule has 0 aliphatic heterocycles. The zero-order chi connectivity index (χ0) is 69.4. The first-order chi connectivity index (χ1) is 51.9. The highest BCUT2D eigenvalue weighted by molar-refractivity contribution is 7.26. The molecule has 21 rings (SSSR count). The number of para-hydroxylation sites is 4. The van der Waals surface area contributed by atoms with Crippen LogP contribution in [0.15, 0.2) is 328 Å². The van der Waals surface area contributed by atoms with Crippen molar-refractivity contribution in [3.05, 3.63) is 339 Å². The summed E-state index contributed by atoms with van der Waals surface area (Å²) in [5.41, 5.74) is 23.2. The van der Waals surface area contributed by atoms with Gasteiger partial charge in [0, 0.05) is 86.5 Å². The van der Waals surface area contributed by atoms with Crippen LogP contribution in [0.4, 0.5) is 0 Å². The number of nitrogens with zero attached hydrogens (tertiary/aromatic N) is 10. The number of hydrogen-bond donors (Lipinski definition) is 0. The van der Waals surface area contributed by atoms with Gasteiger partial charge in [-0.25, -0.2) is 19.9 Å². The molecule has 0 saturated carbocycles. The largest absolute Gasteiger partial charge is 0.309 e. The molecule has 0 aliphatic carbocycles. The average Bonchev–Trinajstić information content (AvgIpc) is 1.57. The zero-order valence-corrected chi connectivity index (χ0v) is 56.9. The second-order valence-corrected chi connectivity index (χ2v) is 27.8. The molecular formula is C94H54N10S. The van der Waals surface area contributed by atoms with Gasteiger partial charge in [0.15, 0.2) is 0 Å². The van der Waals surface area contributed by atoms with Crippen molar-refractivity contribution in [1.29, 1.82) is 10.5 Å². The predicted octanol–water partition coefficient (Wildman–Crippen LogP) is 23.8. The van der Waals surface area contributed by atoms with E-state index in [4.69, 9.17) is 19.9 Å². The fourth-order valence-electron chi connectivity index (χ4n) is 16.0. The van der Waals surface area contributed by atoms with Crippen LogP contribution < -0.4 is 0 Å². The van der Waals surface area contributed by atoms with Gasteiger partial charge in [0.25, 0.3) is 0 Å². The highest BCUT2D eigenvalue weighted by atomic mass is 32.1. The monoisotopic (exact) mass is 1350 g/mol. The second-order valence-electron chi connectivity index (χ2n) is 26.8. The maximum atomic E-state index is 9.66. The standard InChI is InChI=1S/C94H54N10S/c95-55-57-31-35-61(36-32-57)80-53-78(59-17-3-1-4-18-59)97-93(99-80)103-84-28-14-9-23-70(84)75-49-65(41-45-88(75)103)63-39-43-86-73(47-63)68-21-7-12-26-82(68)101(86)67-51-77-72-25-11-16-30-91(72)105-92(77)90(52-67)102-83-27-13-8-22-69(83)74-48-64(40-44-87(74)102)66-42-46-89-76(50-66)71-24-10-15-29-85(71)104(89)94-98-79(60-19-5-2-6-20-60)54-81(100-94)62-37-33-58(56-96)34-38-62/h1-54H. The Morgan fingerprint density at radius 2 is 0.552 bits per heavy atom. The maximum Gasteiger partial charge on any atom is 0.235 e. The molecule has 14 aromatic carbocycles. The molecule has 11 heteroatoms. The molecule has 0 saturated heterocycles. The normalized spacial score (nSPS) is 11.8. The van der Waals surface area contributed by atoms with Gasteiger partial charge in [-0.15, -0.1) is 11.3 Å². The molecule has 0 N–H and O–H groups in total. The van der Waals surface area contributed by atoms with E-state index in [0.29, 0.717) is 23.0 Å². The summed E-state index contributed by atoms with van der Waals surface area (Å²) in [6.07, 6.45) is 0. The summed E-state index contributed by atoms with van der Waals surface area (Å²) < 4.78 is 11.8. The average molecular weight is 1360 g/mol. The third-order valence-electron chi connectivity index (χ3n) is 20.9. The van der Waals surface area contributed by atoms with Gasteiger partial charge in [-0.2, -0.15) is 10.5 Å². The summed E-state index contributed by atoms with van der Waals surface area (Å²) in [4.78, 5) is 21.2. The van der Waals surface area contributed by atoms with E-state index < -0.39 is 0 Å². The first-order valence-electron chi connectivity index (χ1n) is 34.9. The smallest absolute Gasteiger partial charge is 0.235 e. The van der Waals surface area contributed by atoms with Crippen molar-refractivity contribution >= 4 is 119 Å². The maximum absolute atomic E-state index is 9.66. The van der Waals surface area contributed by atoms with Gasteiger partial charge in [-0.3, -0.25) is 9.13 Å². The van der Waals surface area contributed by atoms with Crippen molar-refractivity contribution in [1.82, 2.24) is 38.2 Å². The minimum absolute atomic E-state index is 0.566. The second kappa shape index (κ2) is 23.6. The highest BCUT2D eigenvalue weighted by Gasteiger charge is 2.25. The lowest BCUT2D eigenvalue weighted by molar-refractivity contribution is 0.995. The Labute approximate surface area is 605 Å². The Bertz CT molecular complexity index is 7290. The van der Waals surface area contributed by atoms with Crippen LogP contribution in [0.5, 0.6) is 0 Å². The summed E-state index contributed by atoms with van der Waals surface area (Å²) in [7, 11) is 0. The van der Waals surface area contributed by atoms with Crippen LogP contribution in [0, 0.1) is 22.7 Å². The van der Waals surface area contributed by atoms with E-state index in [1.165, 1.54) is 36.3 Å². The highest BCUT2D eigenvalue weighted by Crippen LogP contribution is 2.47. The van der Waals surface area contributed by atoms with Gasteiger partial charge < -0.3 is 9.13 Å². The quantitative estimate of drug-likeness (QED) is 0.135. The topological polar surface area (TPSA) is 119 Å². The van der Waals surface area contributed by atoms with Crippen molar-refractivity contribution in [2.75, 3.05) is 0 Å². The van der Waals surface area contributed by atoms with Crippen molar-refractivity contribution in [2.45, 2.75) is 0 Å². The van der Waals surface area contributed by atoms with Crippen LogP contribution in [0.25, 0.3) is 198 Å². The lowest BCUT2D eigenvalue weighted by atomic mass is 10.0. The molecule has 0 spiro atoms. The molecular weight excluding hydrogens is 1300 g/mol. The van der Waals surface area contributed by atoms with Crippen LogP contribution >= 0.6 is 11.3 Å². The van der Waals surface area contributed by atoms with Gasteiger partial charge in [-0.1, -0.05) is 200 Å². The molecule has 0 bridgehead atoms. The molecule has 105 heavy (non-hydrogen) atoms. The Balaban J connectivity index is 0.692. The van der Waals surface area contributed by atoms with Crippen LogP contribution in [-0.2, 0) is 0 Å². The zero-order valence-electron chi connectivity index (χ0n) is 56.1. The third kappa shape index (κ3) is 9.54. The van der Waals surface area contributed by atoms with E-state index in [1.807, 2.05) is 108 Å². The number of benzene rings is 14. The lowest BCUT2D eigenvalue weighted by Gasteiger charge is -2.15.